The van der Waals surface area contributed by atoms with Crippen LogP contribution >= 0.6 is 0 Å². The van der Waals surface area contributed by atoms with Gasteiger partial charge in [0.1, 0.15) is 11.4 Å². The maximum atomic E-state index is 13.2. The number of Topliss-reactive ketones (excluding diaryl/α,β-unsaturated/α-hetero) is 1. The summed E-state index contributed by atoms with van der Waals surface area (Å²) >= 11 is 0. The molecule has 2 aromatic carbocycles. The van der Waals surface area contributed by atoms with E-state index in [2.05, 4.69) is 0 Å². The quantitative estimate of drug-likeness (QED) is 0.291. The number of aromatic nitrogens is 2. The van der Waals surface area contributed by atoms with Crippen LogP contribution < -0.4 is 4.74 Å². The Kier molecular flexibility index (Phi) is 7.40. The highest BCUT2D eigenvalue weighted by Crippen LogP contribution is 2.39. The van der Waals surface area contributed by atoms with Crippen LogP contribution in [0, 0.1) is 21.4 Å². The van der Waals surface area contributed by atoms with Crippen molar-refractivity contribution in [2.24, 2.45) is 11.3 Å². The van der Waals surface area contributed by atoms with Crippen LogP contribution in [0.15, 0.2) is 42.5 Å². The van der Waals surface area contributed by atoms with E-state index in [0.29, 0.717) is 42.8 Å². The molecule has 0 bridgehead atoms. The number of fused-ring (bicyclic) bond motifs is 1. The summed E-state index contributed by atoms with van der Waals surface area (Å²) in [5.41, 5.74) is 2.80. The molecule has 9 heteroatoms. The molecule has 1 heterocycles. The van der Waals surface area contributed by atoms with Crippen molar-refractivity contribution in [1.82, 2.24) is 14.7 Å². The van der Waals surface area contributed by atoms with Crippen molar-refractivity contribution >= 4 is 17.4 Å². The second-order valence-corrected chi connectivity index (χ2v) is 11.2. The number of rotatable bonds is 8. The molecule has 0 spiro atoms. The molecular weight excluding hydrogens is 484 g/mol. The first-order valence-electron chi connectivity index (χ1n) is 12.7. The summed E-state index contributed by atoms with van der Waals surface area (Å²) in [4.78, 5) is 39.5. The molecule has 0 saturated heterocycles. The third-order valence-electron chi connectivity index (χ3n) is 6.79. The van der Waals surface area contributed by atoms with Crippen LogP contribution in [0.1, 0.15) is 71.8 Å². The van der Waals surface area contributed by atoms with Gasteiger partial charge in [0.25, 0.3) is 11.6 Å². The van der Waals surface area contributed by atoms with Gasteiger partial charge in [-0.2, -0.15) is 5.10 Å². The number of nitrogens with zero attached hydrogens (tertiary/aromatic N) is 4. The van der Waals surface area contributed by atoms with Crippen LogP contribution in [0.4, 0.5) is 5.69 Å². The van der Waals surface area contributed by atoms with E-state index in [4.69, 9.17) is 9.84 Å². The average molecular weight is 519 g/mol. The van der Waals surface area contributed by atoms with Crippen LogP contribution in [0.2, 0.25) is 0 Å². The minimum Gasteiger partial charge on any atom is -0.497 e. The first-order valence-corrected chi connectivity index (χ1v) is 12.7. The first-order chi connectivity index (χ1) is 17.9. The van der Waals surface area contributed by atoms with E-state index in [-0.39, 0.29) is 40.0 Å². The fourth-order valence-electron chi connectivity index (χ4n) is 5.04. The van der Waals surface area contributed by atoms with E-state index in [1.807, 2.05) is 52.0 Å². The summed E-state index contributed by atoms with van der Waals surface area (Å²) in [6.45, 7) is 8.47. The van der Waals surface area contributed by atoms with E-state index in [9.17, 15) is 19.7 Å². The average Bonchev–Trinajstić information content (AvgIpc) is 3.19. The lowest BCUT2D eigenvalue weighted by molar-refractivity contribution is -0.384. The molecule has 0 N–H and O–H groups in total. The number of hydrogen-bond donors (Lipinski definition) is 0. The molecule has 0 fully saturated rings. The van der Waals surface area contributed by atoms with Gasteiger partial charge < -0.3 is 9.64 Å². The molecule has 4 rings (SSSR count). The van der Waals surface area contributed by atoms with Crippen LogP contribution in [0.5, 0.6) is 5.75 Å². The van der Waals surface area contributed by atoms with E-state index in [1.54, 1.807) is 31.0 Å². The number of carbonyl (C=O) groups excluding carboxylic acids is 2. The fraction of sp³-hybridized carbons (Fsp3) is 0.414. The molecule has 3 aromatic rings. The van der Waals surface area contributed by atoms with E-state index in [0.717, 1.165) is 11.3 Å². The first kappa shape index (κ1) is 27.0. The zero-order valence-electron chi connectivity index (χ0n) is 22.8. The third-order valence-corrected chi connectivity index (χ3v) is 6.79. The van der Waals surface area contributed by atoms with Gasteiger partial charge in [0.15, 0.2) is 5.78 Å². The molecule has 200 valence electrons. The van der Waals surface area contributed by atoms with Crippen molar-refractivity contribution < 1.29 is 19.2 Å². The van der Waals surface area contributed by atoms with Gasteiger partial charge in [0.05, 0.1) is 29.0 Å². The Morgan fingerprint density at radius 3 is 2.47 bits per heavy atom. The maximum Gasteiger partial charge on any atom is 0.295 e. The largest absolute Gasteiger partial charge is 0.497 e. The molecular formula is C29H34N4O5. The smallest absolute Gasteiger partial charge is 0.295 e. The number of methoxy groups -OCH3 is 1. The number of carbonyl (C=O) groups is 2. The highest BCUT2D eigenvalue weighted by Gasteiger charge is 2.37. The predicted octanol–water partition coefficient (Wildman–Crippen LogP) is 5.41. The van der Waals surface area contributed by atoms with Crippen molar-refractivity contribution in [2.75, 3.05) is 14.2 Å². The third kappa shape index (κ3) is 5.46. The summed E-state index contributed by atoms with van der Waals surface area (Å²) in [6, 6.07) is 11.8. The predicted molar refractivity (Wildman–Crippen MR) is 144 cm³/mol. The molecule has 0 radical (unpaired) electrons. The van der Waals surface area contributed by atoms with Crippen molar-refractivity contribution in [3.8, 4) is 11.4 Å². The summed E-state index contributed by atoms with van der Waals surface area (Å²) in [5.74, 6) is 0.667. The number of nitro groups is 1. The number of nitro benzene ring substituents is 1. The number of amides is 1. The molecule has 0 atom stereocenters. The van der Waals surface area contributed by atoms with Gasteiger partial charge in [-0.25, -0.2) is 4.68 Å². The molecule has 1 aromatic heterocycles. The zero-order chi connectivity index (χ0) is 27.8. The summed E-state index contributed by atoms with van der Waals surface area (Å²) < 4.78 is 6.73. The zero-order valence-corrected chi connectivity index (χ0v) is 22.8. The van der Waals surface area contributed by atoms with Crippen LogP contribution in [-0.4, -0.2) is 45.5 Å². The van der Waals surface area contributed by atoms with E-state index < -0.39 is 4.92 Å². The number of hydrogen-bond acceptors (Lipinski definition) is 6. The van der Waals surface area contributed by atoms with Gasteiger partial charge in [-0.1, -0.05) is 39.8 Å². The summed E-state index contributed by atoms with van der Waals surface area (Å²) in [6.07, 6.45) is 1.58. The maximum absolute atomic E-state index is 13.2. The lowest BCUT2D eigenvalue weighted by Gasteiger charge is -2.29. The molecule has 1 amide bonds. The van der Waals surface area contributed by atoms with Crippen molar-refractivity contribution in [3.63, 3.8) is 0 Å². The molecule has 0 aliphatic heterocycles. The minimum absolute atomic E-state index is 0.0211. The van der Waals surface area contributed by atoms with Gasteiger partial charge in [-0.05, 0) is 54.0 Å². The van der Waals surface area contributed by atoms with Gasteiger partial charge in [-0.15, -0.1) is 0 Å². The second-order valence-electron chi connectivity index (χ2n) is 11.2. The standard InChI is InChI=1S/C29H34N4O5/c1-18(2)13-22-27-25(15-29(3,4)16-26(27)34)32(30-22)23-12-9-20(14-24(23)33(36)37)28(35)31(5)17-19-7-10-21(38-6)11-8-19/h7-12,14,18H,13,15-17H2,1-6H3. The number of ether oxygens (including phenoxy) is 1. The molecule has 9 nitrogen and oxygen atoms in total. The van der Waals surface area contributed by atoms with Crippen LogP contribution in [-0.2, 0) is 19.4 Å². The molecule has 0 unspecified atom stereocenters. The van der Waals surface area contributed by atoms with Crippen LogP contribution in [0.3, 0.4) is 0 Å². The van der Waals surface area contributed by atoms with Gasteiger partial charge in [0.2, 0.25) is 0 Å². The Morgan fingerprint density at radius 2 is 1.87 bits per heavy atom. The van der Waals surface area contributed by atoms with E-state index in [1.165, 1.54) is 11.0 Å². The Bertz CT molecular complexity index is 1390. The lowest BCUT2D eigenvalue weighted by Crippen LogP contribution is -2.28. The second kappa shape index (κ2) is 10.4. The monoisotopic (exact) mass is 518 g/mol. The number of benzene rings is 2. The normalized spacial score (nSPS) is 14.3. The molecule has 0 saturated carbocycles. The van der Waals surface area contributed by atoms with Gasteiger partial charge >= 0.3 is 0 Å². The fourth-order valence-corrected chi connectivity index (χ4v) is 5.04. The SMILES string of the molecule is COc1ccc(CN(C)C(=O)c2ccc(-n3nc(CC(C)C)c4c3CC(C)(C)CC4=O)c([N+](=O)[O-])c2)cc1. The minimum atomic E-state index is -0.498. The summed E-state index contributed by atoms with van der Waals surface area (Å²) in [7, 11) is 3.24. The highest BCUT2D eigenvalue weighted by atomic mass is 16.6. The summed E-state index contributed by atoms with van der Waals surface area (Å²) in [5, 5.41) is 16.9. The Balaban J connectivity index is 1.72. The topological polar surface area (TPSA) is 108 Å². The van der Waals surface area contributed by atoms with Crippen LogP contribution in [0.25, 0.3) is 5.69 Å². The Hall–Kier alpha value is -4.01. The molecule has 38 heavy (non-hydrogen) atoms. The van der Waals surface area contributed by atoms with Crippen molar-refractivity contribution in [2.45, 2.75) is 53.5 Å². The van der Waals surface area contributed by atoms with Crippen molar-refractivity contribution in [3.05, 3.63) is 80.7 Å². The van der Waals surface area contributed by atoms with Crippen molar-refractivity contribution in [1.29, 1.82) is 0 Å². The highest BCUT2D eigenvalue weighted by molar-refractivity contribution is 6.00. The van der Waals surface area contributed by atoms with Gasteiger partial charge in [-0.3, -0.25) is 19.7 Å². The Labute approximate surface area is 222 Å². The van der Waals surface area contributed by atoms with Gasteiger partial charge in [0, 0.05) is 31.6 Å². The number of ketones is 1. The Morgan fingerprint density at radius 1 is 1.18 bits per heavy atom. The molecule has 1 aliphatic rings. The molecule has 1 aliphatic carbocycles. The lowest BCUT2D eigenvalue weighted by atomic mass is 9.75. The van der Waals surface area contributed by atoms with E-state index >= 15 is 0 Å².